The van der Waals surface area contributed by atoms with Crippen molar-refractivity contribution >= 4 is 23.4 Å². The van der Waals surface area contributed by atoms with Crippen LogP contribution in [0.25, 0.3) is 0 Å². The maximum absolute atomic E-state index is 13.2. The number of benzene rings is 2. The molecule has 0 heterocycles. The van der Waals surface area contributed by atoms with Crippen LogP contribution in [0, 0.1) is 5.82 Å². The average molecular weight is 405 g/mol. The fourth-order valence-electron chi connectivity index (χ4n) is 2.72. The number of amides is 2. The van der Waals surface area contributed by atoms with Crippen LogP contribution in [0.2, 0.25) is 5.02 Å². The van der Waals surface area contributed by atoms with E-state index in [9.17, 15) is 14.0 Å². The molecule has 150 valence electrons. The molecule has 0 unspecified atom stereocenters. The molecule has 2 rings (SSSR count). The van der Waals surface area contributed by atoms with E-state index in [2.05, 4.69) is 5.32 Å². The van der Waals surface area contributed by atoms with Crippen LogP contribution in [0.15, 0.2) is 48.5 Å². The topological polar surface area (TPSA) is 49.4 Å². The normalized spacial score (nSPS) is 12.4. The Hall–Kier alpha value is -2.40. The lowest BCUT2D eigenvalue weighted by atomic mass is 10.1. The summed E-state index contributed by atoms with van der Waals surface area (Å²) in [5.74, 6) is -0.774. The number of nitrogens with one attached hydrogen (secondary N) is 1. The molecule has 4 nitrogen and oxygen atoms in total. The molecule has 2 aromatic carbocycles. The molecule has 2 amide bonds. The maximum atomic E-state index is 13.2. The molecule has 0 aliphatic heterocycles. The standard InChI is InChI=1S/C22H26ClFN2O2/c1-15(21(28)25-22(2,3)4)26(14-17-7-11-19(24)12-8-17)20(27)13-16-5-9-18(23)10-6-16/h5-12,15H,13-14H2,1-4H3,(H,25,28)/t15-/m0/s1. The minimum Gasteiger partial charge on any atom is -0.350 e. The van der Waals surface area contributed by atoms with E-state index in [-0.39, 0.29) is 30.6 Å². The predicted molar refractivity (Wildman–Crippen MR) is 109 cm³/mol. The summed E-state index contributed by atoms with van der Waals surface area (Å²) < 4.78 is 13.2. The molecule has 0 spiro atoms. The Morgan fingerprint density at radius 1 is 1.04 bits per heavy atom. The minimum absolute atomic E-state index is 0.144. The number of hydrogen-bond acceptors (Lipinski definition) is 2. The minimum atomic E-state index is -0.677. The smallest absolute Gasteiger partial charge is 0.242 e. The van der Waals surface area contributed by atoms with Gasteiger partial charge in [-0.1, -0.05) is 35.9 Å². The summed E-state index contributed by atoms with van der Waals surface area (Å²) in [6.45, 7) is 7.57. The van der Waals surface area contributed by atoms with Gasteiger partial charge in [-0.15, -0.1) is 0 Å². The maximum Gasteiger partial charge on any atom is 0.242 e. The van der Waals surface area contributed by atoms with Crippen LogP contribution in [0.3, 0.4) is 0 Å². The summed E-state index contributed by atoms with van der Waals surface area (Å²) in [5, 5.41) is 3.50. The summed E-state index contributed by atoms with van der Waals surface area (Å²) >= 11 is 5.91. The fraction of sp³-hybridized carbons (Fsp3) is 0.364. The third-order valence-corrected chi connectivity index (χ3v) is 4.45. The van der Waals surface area contributed by atoms with Crippen LogP contribution >= 0.6 is 11.6 Å². The SMILES string of the molecule is C[C@@H](C(=O)NC(C)(C)C)N(Cc1ccc(F)cc1)C(=O)Cc1ccc(Cl)cc1. The first-order valence-electron chi connectivity index (χ1n) is 9.15. The van der Waals surface area contributed by atoms with Crippen molar-refractivity contribution in [2.75, 3.05) is 0 Å². The third-order valence-electron chi connectivity index (χ3n) is 4.20. The molecule has 0 aliphatic carbocycles. The van der Waals surface area contributed by atoms with Gasteiger partial charge in [0.15, 0.2) is 0 Å². The van der Waals surface area contributed by atoms with Crippen molar-refractivity contribution in [3.05, 3.63) is 70.5 Å². The van der Waals surface area contributed by atoms with Crippen LogP contribution < -0.4 is 5.32 Å². The lowest BCUT2D eigenvalue weighted by Gasteiger charge is -2.31. The highest BCUT2D eigenvalue weighted by Crippen LogP contribution is 2.15. The summed E-state index contributed by atoms with van der Waals surface area (Å²) in [4.78, 5) is 27.2. The molecular formula is C22H26ClFN2O2. The number of carbonyl (C=O) groups is 2. The first-order valence-corrected chi connectivity index (χ1v) is 9.53. The molecule has 6 heteroatoms. The third kappa shape index (κ3) is 6.64. The first-order chi connectivity index (χ1) is 13.0. The van der Waals surface area contributed by atoms with Gasteiger partial charge >= 0.3 is 0 Å². The molecule has 0 fully saturated rings. The fourth-order valence-corrected chi connectivity index (χ4v) is 2.85. The van der Waals surface area contributed by atoms with Gasteiger partial charge in [-0.2, -0.15) is 0 Å². The highest BCUT2D eigenvalue weighted by Gasteiger charge is 2.28. The lowest BCUT2D eigenvalue weighted by molar-refractivity contribution is -0.140. The molecule has 0 aliphatic rings. The Kier molecular flexibility index (Phi) is 7.19. The number of nitrogens with zero attached hydrogens (tertiary/aromatic N) is 1. The second-order valence-electron chi connectivity index (χ2n) is 7.87. The van der Waals surface area contributed by atoms with Gasteiger partial charge in [0, 0.05) is 17.1 Å². The molecule has 0 saturated heterocycles. The molecule has 1 atom stereocenters. The van der Waals surface area contributed by atoms with E-state index in [0.717, 1.165) is 11.1 Å². The quantitative estimate of drug-likeness (QED) is 0.777. The Morgan fingerprint density at radius 3 is 2.11 bits per heavy atom. The number of rotatable bonds is 6. The Balaban J connectivity index is 2.23. The van der Waals surface area contributed by atoms with E-state index in [4.69, 9.17) is 11.6 Å². The summed E-state index contributed by atoms with van der Waals surface area (Å²) in [6, 6.07) is 12.3. The van der Waals surface area contributed by atoms with Gasteiger partial charge in [0.2, 0.25) is 11.8 Å². The summed E-state index contributed by atoms with van der Waals surface area (Å²) in [6.07, 6.45) is 0.144. The highest BCUT2D eigenvalue weighted by molar-refractivity contribution is 6.30. The lowest BCUT2D eigenvalue weighted by Crippen LogP contribution is -2.52. The van der Waals surface area contributed by atoms with E-state index in [1.54, 1.807) is 43.3 Å². The zero-order chi connectivity index (χ0) is 20.9. The number of hydrogen-bond donors (Lipinski definition) is 1. The van der Waals surface area contributed by atoms with Crippen molar-refractivity contribution in [2.24, 2.45) is 0 Å². The monoisotopic (exact) mass is 404 g/mol. The van der Waals surface area contributed by atoms with Crippen LogP contribution in [-0.4, -0.2) is 28.3 Å². The second-order valence-corrected chi connectivity index (χ2v) is 8.30. The Labute approximate surface area is 170 Å². The van der Waals surface area contributed by atoms with Gasteiger partial charge in [-0.25, -0.2) is 4.39 Å². The van der Waals surface area contributed by atoms with E-state index >= 15 is 0 Å². The summed E-state index contributed by atoms with van der Waals surface area (Å²) in [5.41, 5.74) is 1.15. The molecule has 28 heavy (non-hydrogen) atoms. The van der Waals surface area contributed by atoms with E-state index in [0.29, 0.717) is 5.02 Å². The van der Waals surface area contributed by atoms with Crippen molar-refractivity contribution < 1.29 is 14.0 Å². The largest absolute Gasteiger partial charge is 0.350 e. The van der Waals surface area contributed by atoms with E-state index in [1.165, 1.54) is 17.0 Å². The van der Waals surface area contributed by atoms with Gasteiger partial charge < -0.3 is 10.2 Å². The Morgan fingerprint density at radius 2 is 1.57 bits per heavy atom. The number of halogens is 2. The molecule has 0 saturated carbocycles. The highest BCUT2D eigenvalue weighted by atomic mass is 35.5. The molecule has 2 aromatic rings. The van der Waals surface area contributed by atoms with E-state index < -0.39 is 11.6 Å². The van der Waals surface area contributed by atoms with Crippen LogP contribution in [0.5, 0.6) is 0 Å². The van der Waals surface area contributed by atoms with Crippen LogP contribution in [0.1, 0.15) is 38.8 Å². The summed E-state index contributed by atoms with van der Waals surface area (Å²) in [7, 11) is 0. The van der Waals surface area contributed by atoms with Crippen LogP contribution in [-0.2, 0) is 22.6 Å². The molecule has 1 N–H and O–H groups in total. The van der Waals surface area contributed by atoms with Crippen molar-refractivity contribution in [1.82, 2.24) is 10.2 Å². The Bertz CT molecular complexity index is 814. The first kappa shape index (κ1) is 21.9. The van der Waals surface area contributed by atoms with Crippen molar-refractivity contribution in [3.8, 4) is 0 Å². The van der Waals surface area contributed by atoms with Gasteiger partial charge in [-0.3, -0.25) is 9.59 Å². The van der Waals surface area contributed by atoms with Crippen molar-refractivity contribution in [1.29, 1.82) is 0 Å². The molecule has 0 bridgehead atoms. The van der Waals surface area contributed by atoms with Crippen molar-refractivity contribution in [3.63, 3.8) is 0 Å². The zero-order valence-corrected chi connectivity index (χ0v) is 17.4. The predicted octanol–water partition coefficient (Wildman–Crippen LogP) is 4.35. The number of carbonyl (C=O) groups excluding carboxylic acids is 2. The molecular weight excluding hydrogens is 379 g/mol. The van der Waals surface area contributed by atoms with E-state index in [1.807, 2.05) is 20.8 Å². The van der Waals surface area contributed by atoms with Gasteiger partial charge in [0.25, 0.3) is 0 Å². The van der Waals surface area contributed by atoms with Crippen LogP contribution in [0.4, 0.5) is 4.39 Å². The molecule has 0 aromatic heterocycles. The van der Waals surface area contributed by atoms with Crippen molar-refractivity contribution in [2.45, 2.75) is 52.2 Å². The second kappa shape index (κ2) is 9.20. The molecule has 0 radical (unpaired) electrons. The van der Waals surface area contributed by atoms with Gasteiger partial charge in [0.05, 0.1) is 6.42 Å². The van der Waals surface area contributed by atoms with Gasteiger partial charge in [0.1, 0.15) is 11.9 Å². The zero-order valence-electron chi connectivity index (χ0n) is 16.6. The average Bonchev–Trinajstić information content (AvgIpc) is 2.61. The van der Waals surface area contributed by atoms with Gasteiger partial charge in [-0.05, 0) is 63.1 Å².